The Kier molecular flexibility index (Phi) is 4.19. The molecule has 0 aliphatic heterocycles. The number of hydrogen-bond acceptors (Lipinski definition) is 3. The van der Waals surface area contributed by atoms with E-state index in [1.807, 2.05) is 25.1 Å². The third-order valence-electron chi connectivity index (χ3n) is 3.98. The Labute approximate surface area is 133 Å². The minimum absolute atomic E-state index is 0.575. The third-order valence-corrected chi connectivity index (χ3v) is 4.63. The molecule has 0 saturated heterocycles. The van der Waals surface area contributed by atoms with Gasteiger partial charge in [-0.1, -0.05) is 12.8 Å². The third kappa shape index (κ3) is 3.07. The molecule has 2 aromatic rings. The van der Waals surface area contributed by atoms with Gasteiger partial charge in [0.05, 0.1) is 17.3 Å². The SMILES string of the molecule is COc1cc(Nc2nc(C)cn2C2CCCC2)ccc1Br. The number of halogens is 1. The lowest BCUT2D eigenvalue weighted by Crippen LogP contribution is -2.07. The van der Waals surface area contributed by atoms with Crippen LogP contribution in [0.25, 0.3) is 0 Å². The van der Waals surface area contributed by atoms with E-state index in [0.29, 0.717) is 6.04 Å². The Morgan fingerprint density at radius 2 is 2.10 bits per heavy atom. The van der Waals surface area contributed by atoms with Crippen molar-refractivity contribution in [2.24, 2.45) is 0 Å². The second kappa shape index (κ2) is 6.10. The fourth-order valence-electron chi connectivity index (χ4n) is 2.94. The molecule has 1 aliphatic carbocycles. The van der Waals surface area contributed by atoms with Gasteiger partial charge >= 0.3 is 0 Å². The van der Waals surface area contributed by atoms with E-state index < -0.39 is 0 Å². The van der Waals surface area contributed by atoms with Crippen molar-refractivity contribution < 1.29 is 4.74 Å². The summed E-state index contributed by atoms with van der Waals surface area (Å²) in [6.45, 7) is 2.04. The highest BCUT2D eigenvalue weighted by atomic mass is 79.9. The summed E-state index contributed by atoms with van der Waals surface area (Å²) >= 11 is 3.47. The summed E-state index contributed by atoms with van der Waals surface area (Å²) in [5.74, 6) is 1.74. The quantitative estimate of drug-likeness (QED) is 0.859. The zero-order valence-corrected chi connectivity index (χ0v) is 14.0. The van der Waals surface area contributed by atoms with Gasteiger partial charge < -0.3 is 14.6 Å². The van der Waals surface area contributed by atoms with Crippen LogP contribution in [0.5, 0.6) is 5.75 Å². The monoisotopic (exact) mass is 349 g/mol. The molecule has 21 heavy (non-hydrogen) atoms. The van der Waals surface area contributed by atoms with Gasteiger partial charge in [-0.3, -0.25) is 0 Å². The van der Waals surface area contributed by atoms with Crippen molar-refractivity contribution >= 4 is 27.6 Å². The van der Waals surface area contributed by atoms with Crippen LogP contribution < -0.4 is 10.1 Å². The average Bonchev–Trinajstić information content (AvgIpc) is 3.10. The number of aryl methyl sites for hydroxylation is 1. The van der Waals surface area contributed by atoms with Crippen LogP contribution >= 0.6 is 15.9 Å². The molecule has 0 radical (unpaired) electrons. The fourth-order valence-corrected chi connectivity index (χ4v) is 3.34. The van der Waals surface area contributed by atoms with E-state index in [-0.39, 0.29) is 0 Å². The van der Waals surface area contributed by atoms with Gasteiger partial charge in [-0.15, -0.1) is 0 Å². The van der Waals surface area contributed by atoms with Crippen LogP contribution in [-0.2, 0) is 0 Å². The molecule has 5 heteroatoms. The highest BCUT2D eigenvalue weighted by molar-refractivity contribution is 9.10. The first-order valence-corrected chi connectivity index (χ1v) is 8.12. The van der Waals surface area contributed by atoms with Gasteiger partial charge in [-0.2, -0.15) is 0 Å². The van der Waals surface area contributed by atoms with Crippen molar-refractivity contribution in [3.05, 3.63) is 34.6 Å². The number of nitrogens with zero attached hydrogens (tertiary/aromatic N) is 2. The molecule has 0 atom stereocenters. The maximum Gasteiger partial charge on any atom is 0.207 e. The summed E-state index contributed by atoms with van der Waals surface area (Å²) < 4.78 is 8.58. The minimum atomic E-state index is 0.575. The van der Waals surface area contributed by atoms with E-state index >= 15 is 0 Å². The highest BCUT2D eigenvalue weighted by Gasteiger charge is 2.20. The van der Waals surface area contributed by atoms with Crippen LogP contribution in [0, 0.1) is 6.92 Å². The molecule has 4 nitrogen and oxygen atoms in total. The molecule has 0 spiro atoms. The summed E-state index contributed by atoms with van der Waals surface area (Å²) in [4.78, 5) is 4.63. The molecule has 3 rings (SSSR count). The Morgan fingerprint density at radius 1 is 1.33 bits per heavy atom. The predicted octanol–water partition coefficient (Wildman–Crippen LogP) is 4.82. The van der Waals surface area contributed by atoms with Gasteiger partial charge in [-0.05, 0) is 47.8 Å². The first-order chi connectivity index (χ1) is 10.2. The number of imidazole rings is 1. The Bertz CT molecular complexity index is 632. The summed E-state index contributed by atoms with van der Waals surface area (Å²) in [6, 6.07) is 6.56. The molecule has 1 fully saturated rings. The van der Waals surface area contributed by atoms with E-state index in [0.717, 1.165) is 27.6 Å². The van der Waals surface area contributed by atoms with Crippen molar-refractivity contribution in [3.63, 3.8) is 0 Å². The molecule has 1 aromatic carbocycles. The fraction of sp³-hybridized carbons (Fsp3) is 0.438. The lowest BCUT2D eigenvalue weighted by atomic mass is 10.2. The maximum absolute atomic E-state index is 5.34. The molecular weight excluding hydrogens is 330 g/mol. The van der Waals surface area contributed by atoms with Gasteiger partial charge in [0, 0.05) is 24.0 Å². The molecule has 1 heterocycles. The normalized spacial score (nSPS) is 15.4. The van der Waals surface area contributed by atoms with Crippen LogP contribution in [0.3, 0.4) is 0 Å². The van der Waals surface area contributed by atoms with E-state index in [1.54, 1.807) is 7.11 Å². The van der Waals surface area contributed by atoms with Crippen molar-refractivity contribution in [3.8, 4) is 5.75 Å². The van der Waals surface area contributed by atoms with Gasteiger partial charge in [0.15, 0.2) is 0 Å². The van der Waals surface area contributed by atoms with Crippen molar-refractivity contribution in [1.29, 1.82) is 0 Å². The molecular formula is C16H20BrN3O. The standard InChI is InChI=1S/C16H20BrN3O/c1-11-10-20(13-5-3-4-6-13)16(18-11)19-12-7-8-14(17)15(9-12)21-2/h7-10,13H,3-6H2,1-2H3,(H,18,19). The number of hydrogen-bond donors (Lipinski definition) is 1. The number of nitrogens with one attached hydrogen (secondary N) is 1. The largest absolute Gasteiger partial charge is 0.495 e. The van der Waals surface area contributed by atoms with Gasteiger partial charge in [0.1, 0.15) is 5.75 Å². The van der Waals surface area contributed by atoms with Gasteiger partial charge in [0.2, 0.25) is 5.95 Å². The second-order valence-corrected chi connectivity index (χ2v) is 6.38. The molecule has 0 amide bonds. The topological polar surface area (TPSA) is 39.1 Å². The lowest BCUT2D eigenvalue weighted by Gasteiger charge is -2.16. The number of aromatic nitrogens is 2. The van der Waals surface area contributed by atoms with E-state index in [1.165, 1.54) is 25.7 Å². The zero-order chi connectivity index (χ0) is 14.8. The van der Waals surface area contributed by atoms with E-state index in [4.69, 9.17) is 4.74 Å². The maximum atomic E-state index is 5.34. The number of methoxy groups -OCH3 is 1. The highest BCUT2D eigenvalue weighted by Crippen LogP contribution is 2.34. The van der Waals surface area contributed by atoms with Crippen LogP contribution in [0.1, 0.15) is 37.4 Å². The van der Waals surface area contributed by atoms with Crippen LogP contribution in [0.4, 0.5) is 11.6 Å². The lowest BCUT2D eigenvalue weighted by molar-refractivity contribution is 0.412. The molecule has 0 unspecified atom stereocenters. The van der Waals surface area contributed by atoms with E-state index in [2.05, 4.69) is 37.0 Å². The molecule has 1 aromatic heterocycles. The van der Waals surface area contributed by atoms with Crippen molar-refractivity contribution in [2.45, 2.75) is 38.6 Å². The number of benzene rings is 1. The van der Waals surface area contributed by atoms with Gasteiger partial charge in [-0.25, -0.2) is 4.98 Å². The number of rotatable bonds is 4. The van der Waals surface area contributed by atoms with Crippen LogP contribution in [0.15, 0.2) is 28.9 Å². The predicted molar refractivity (Wildman–Crippen MR) is 88.4 cm³/mol. The molecule has 1 saturated carbocycles. The second-order valence-electron chi connectivity index (χ2n) is 5.53. The number of ether oxygens (including phenoxy) is 1. The molecule has 1 aliphatic rings. The van der Waals surface area contributed by atoms with Crippen LogP contribution in [0.2, 0.25) is 0 Å². The molecule has 112 valence electrons. The first-order valence-electron chi connectivity index (χ1n) is 7.33. The summed E-state index contributed by atoms with van der Waals surface area (Å²) in [5, 5.41) is 3.42. The Balaban J connectivity index is 1.87. The molecule has 0 bridgehead atoms. The summed E-state index contributed by atoms with van der Waals surface area (Å²) in [7, 11) is 1.67. The summed E-state index contributed by atoms with van der Waals surface area (Å²) in [5.41, 5.74) is 2.04. The van der Waals surface area contributed by atoms with Gasteiger partial charge in [0.25, 0.3) is 0 Å². The smallest absolute Gasteiger partial charge is 0.207 e. The minimum Gasteiger partial charge on any atom is -0.495 e. The van der Waals surface area contributed by atoms with E-state index in [9.17, 15) is 0 Å². The zero-order valence-electron chi connectivity index (χ0n) is 12.4. The van der Waals surface area contributed by atoms with Crippen molar-refractivity contribution in [2.75, 3.05) is 12.4 Å². The summed E-state index contributed by atoms with van der Waals surface area (Å²) in [6.07, 6.45) is 7.26. The van der Waals surface area contributed by atoms with Crippen molar-refractivity contribution in [1.82, 2.24) is 9.55 Å². The Hall–Kier alpha value is -1.49. The van der Waals surface area contributed by atoms with Crippen LogP contribution in [-0.4, -0.2) is 16.7 Å². The Morgan fingerprint density at radius 3 is 2.81 bits per heavy atom. The average molecular weight is 350 g/mol. The molecule has 1 N–H and O–H groups in total. The number of anilines is 2. The first kappa shape index (κ1) is 14.4.